The number of aryl methyl sites for hydroxylation is 2. The number of anilines is 2. The third kappa shape index (κ3) is 2.48. The Balaban J connectivity index is 1.56. The van der Waals surface area contributed by atoms with Crippen LogP contribution in [-0.2, 0) is 0 Å². The molecule has 1 N–H and O–H groups in total. The molecule has 0 aliphatic carbocycles. The Morgan fingerprint density at radius 2 is 1.61 bits per heavy atom. The van der Waals surface area contributed by atoms with Crippen LogP contribution in [0.1, 0.15) is 11.3 Å². The number of hydrogen-bond acceptors (Lipinski definition) is 6. The van der Waals surface area contributed by atoms with Crippen LogP contribution in [0.3, 0.4) is 0 Å². The first-order valence-corrected chi connectivity index (χ1v) is 7.79. The number of fused-ring (bicyclic) bond motifs is 1. The van der Waals surface area contributed by atoms with E-state index in [0.717, 1.165) is 60.1 Å². The smallest absolute Gasteiger partial charge is 0.156 e. The molecule has 1 aliphatic heterocycles. The Morgan fingerprint density at radius 1 is 0.913 bits per heavy atom. The van der Waals surface area contributed by atoms with E-state index >= 15 is 0 Å². The van der Waals surface area contributed by atoms with Crippen LogP contribution in [0, 0.1) is 13.8 Å². The number of nitrogens with one attached hydrogen (secondary N) is 1. The molecule has 3 aromatic heterocycles. The summed E-state index contributed by atoms with van der Waals surface area (Å²) in [4.78, 5) is 25.3. The Bertz CT molecular complexity index is 833. The van der Waals surface area contributed by atoms with Crippen molar-refractivity contribution >= 4 is 22.7 Å². The van der Waals surface area contributed by atoms with Crippen LogP contribution in [0.5, 0.6) is 0 Å². The van der Waals surface area contributed by atoms with E-state index in [2.05, 4.69) is 47.7 Å². The number of H-pyrrole nitrogens is 1. The quantitative estimate of drug-likeness (QED) is 0.776. The van der Waals surface area contributed by atoms with Gasteiger partial charge in [-0.1, -0.05) is 0 Å². The summed E-state index contributed by atoms with van der Waals surface area (Å²) < 4.78 is 0. The van der Waals surface area contributed by atoms with Crippen molar-refractivity contribution in [2.45, 2.75) is 13.8 Å². The fourth-order valence-electron chi connectivity index (χ4n) is 3.15. The molecule has 0 spiro atoms. The largest absolute Gasteiger partial charge is 0.354 e. The predicted molar refractivity (Wildman–Crippen MR) is 89.8 cm³/mol. The van der Waals surface area contributed by atoms with Gasteiger partial charge in [-0.25, -0.2) is 19.9 Å². The van der Waals surface area contributed by atoms with Crippen molar-refractivity contribution in [2.24, 2.45) is 0 Å². The summed E-state index contributed by atoms with van der Waals surface area (Å²) in [5, 5.41) is 0. The van der Waals surface area contributed by atoms with Crippen molar-refractivity contribution in [1.82, 2.24) is 24.9 Å². The van der Waals surface area contributed by atoms with Crippen molar-refractivity contribution in [3.8, 4) is 0 Å². The lowest BCUT2D eigenvalue weighted by atomic mass is 10.2. The van der Waals surface area contributed by atoms with E-state index < -0.39 is 0 Å². The van der Waals surface area contributed by atoms with E-state index in [-0.39, 0.29) is 0 Å². The van der Waals surface area contributed by atoms with E-state index in [1.54, 1.807) is 12.7 Å². The predicted octanol–water partition coefficient (Wildman–Crippen LogP) is 1.69. The molecular weight excluding hydrogens is 290 g/mol. The fraction of sp³-hybridized carbons (Fsp3) is 0.375. The fourth-order valence-corrected chi connectivity index (χ4v) is 3.15. The molecule has 0 aromatic carbocycles. The van der Waals surface area contributed by atoms with Crippen molar-refractivity contribution in [2.75, 3.05) is 36.0 Å². The standard InChI is InChI=1S/C16H19N7/c1-11-8-17-9-19-15(11)22-3-5-23(6-4-22)16-14-13(18-10-20-16)7-12(2)21-14/h7-10,21H,3-6H2,1-2H3. The van der Waals surface area contributed by atoms with Crippen molar-refractivity contribution < 1.29 is 0 Å². The summed E-state index contributed by atoms with van der Waals surface area (Å²) >= 11 is 0. The molecule has 0 saturated carbocycles. The van der Waals surface area contributed by atoms with Crippen LogP contribution in [0.4, 0.5) is 11.6 Å². The second-order valence-corrected chi connectivity index (χ2v) is 5.91. The molecule has 3 aromatic rings. The molecule has 1 aliphatic rings. The SMILES string of the molecule is Cc1cc2ncnc(N3CCN(c4ncncc4C)CC3)c2[nH]1. The summed E-state index contributed by atoms with van der Waals surface area (Å²) in [6.45, 7) is 7.76. The lowest BCUT2D eigenvalue weighted by Gasteiger charge is -2.36. The van der Waals surface area contributed by atoms with Gasteiger partial charge in [-0.05, 0) is 19.9 Å². The van der Waals surface area contributed by atoms with Gasteiger partial charge in [0, 0.05) is 43.6 Å². The zero-order valence-electron chi connectivity index (χ0n) is 13.3. The van der Waals surface area contributed by atoms with Crippen molar-refractivity contribution in [3.05, 3.63) is 36.2 Å². The van der Waals surface area contributed by atoms with E-state index in [0.29, 0.717) is 0 Å². The van der Waals surface area contributed by atoms with Gasteiger partial charge in [-0.2, -0.15) is 0 Å². The average molecular weight is 309 g/mol. The van der Waals surface area contributed by atoms with Gasteiger partial charge >= 0.3 is 0 Å². The van der Waals surface area contributed by atoms with Gasteiger partial charge < -0.3 is 14.8 Å². The molecule has 7 nitrogen and oxygen atoms in total. The first-order chi connectivity index (χ1) is 11.2. The highest BCUT2D eigenvalue weighted by molar-refractivity contribution is 5.86. The molecule has 118 valence electrons. The topological polar surface area (TPSA) is 73.8 Å². The lowest BCUT2D eigenvalue weighted by molar-refractivity contribution is 0.640. The minimum atomic E-state index is 0.910. The summed E-state index contributed by atoms with van der Waals surface area (Å²) in [5.41, 5.74) is 4.22. The molecule has 1 fully saturated rings. The number of hydrogen-bond donors (Lipinski definition) is 1. The Morgan fingerprint density at radius 3 is 2.35 bits per heavy atom. The number of nitrogens with zero attached hydrogens (tertiary/aromatic N) is 6. The molecule has 0 amide bonds. The van der Waals surface area contributed by atoms with Gasteiger partial charge in [-0.15, -0.1) is 0 Å². The normalized spacial score (nSPS) is 15.4. The maximum atomic E-state index is 4.50. The van der Waals surface area contributed by atoms with Gasteiger partial charge in [0.05, 0.1) is 5.52 Å². The van der Waals surface area contributed by atoms with Crippen LogP contribution >= 0.6 is 0 Å². The number of piperazine rings is 1. The van der Waals surface area contributed by atoms with Gasteiger partial charge in [0.25, 0.3) is 0 Å². The molecule has 23 heavy (non-hydrogen) atoms. The first kappa shape index (κ1) is 13.9. The van der Waals surface area contributed by atoms with Gasteiger partial charge in [0.1, 0.15) is 24.0 Å². The summed E-state index contributed by atoms with van der Waals surface area (Å²) in [6.07, 6.45) is 5.13. The average Bonchev–Trinajstić information content (AvgIpc) is 2.96. The minimum Gasteiger partial charge on any atom is -0.354 e. The first-order valence-electron chi connectivity index (χ1n) is 7.79. The molecule has 0 bridgehead atoms. The number of rotatable bonds is 2. The van der Waals surface area contributed by atoms with Crippen LogP contribution in [0.2, 0.25) is 0 Å². The van der Waals surface area contributed by atoms with Gasteiger partial charge in [-0.3, -0.25) is 0 Å². The van der Waals surface area contributed by atoms with Gasteiger partial charge in [0.2, 0.25) is 0 Å². The van der Waals surface area contributed by atoms with E-state index in [1.807, 2.05) is 13.1 Å². The van der Waals surface area contributed by atoms with Crippen LogP contribution < -0.4 is 9.80 Å². The van der Waals surface area contributed by atoms with Crippen LogP contribution in [0.25, 0.3) is 11.0 Å². The second-order valence-electron chi connectivity index (χ2n) is 5.91. The second kappa shape index (κ2) is 5.49. The summed E-state index contributed by atoms with van der Waals surface area (Å²) in [6, 6.07) is 2.06. The highest BCUT2D eigenvalue weighted by Gasteiger charge is 2.22. The Hall–Kier alpha value is -2.70. The highest BCUT2D eigenvalue weighted by Crippen LogP contribution is 2.25. The monoisotopic (exact) mass is 309 g/mol. The van der Waals surface area contributed by atoms with Gasteiger partial charge in [0.15, 0.2) is 5.82 Å². The number of aromatic amines is 1. The molecule has 0 unspecified atom stereocenters. The highest BCUT2D eigenvalue weighted by atomic mass is 15.3. The van der Waals surface area contributed by atoms with E-state index in [1.165, 1.54) is 0 Å². The maximum absolute atomic E-state index is 4.50. The summed E-state index contributed by atoms with van der Waals surface area (Å²) in [5.74, 6) is 2.02. The zero-order valence-corrected chi connectivity index (χ0v) is 13.3. The van der Waals surface area contributed by atoms with Crippen molar-refractivity contribution in [1.29, 1.82) is 0 Å². The molecule has 7 heteroatoms. The van der Waals surface area contributed by atoms with Crippen LogP contribution in [0.15, 0.2) is 24.9 Å². The van der Waals surface area contributed by atoms with Crippen LogP contribution in [-0.4, -0.2) is 51.1 Å². The molecule has 1 saturated heterocycles. The zero-order chi connectivity index (χ0) is 15.8. The number of aromatic nitrogens is 5. The molecule has 0 radical (unpaired) electrons. The molecular formula is C16H19N7. The maximum Gasteiger partial charge on any atom is 0.156 e. The molecule has 4 rings (SSSR count). The third-order valence-electron chi connectivity index (χ3n) is 4.28. The molecule has 0 atom stereocenters. The summed E-state index contributed by atoms with van der Waals surface area (Å²) in [7, 11) is 0. The third-order valence-corrected chi connectivity index (χ3v) is 4.28. The van der Waals surface area contributed by atoms with E-state index in [9.17, 15) is 0 Å². The lowest BCUT2D eigenvalue weighted by Crippen LogP contribution is -2.47. The van der Waals surface area contributed by atoms with E-state index in [4.69, 9.17) is 0 Å². The van der Waals surface area contributed by atoms with Crippen molar-refractivity contribution in [3.63, 3.8) is 0 Å². The minimum absolute atomic E-state index is 0.910. The molecule has 4 heterocycles. The Kier molecular flexibility index (Phi) is 3.33. The Labute approximate surface area is 134 Å².